The highest BCUT2D eigenvalue weighted by Crippen LogP contribution is 2.33. The molecule has 2 aromatic rings. The van der Waals surface area contributed by atoms with Crippen LogP contribution in [0, 0.1) is 5.92 Å². The molecule has 2 unspecified atom stereocenters. The Morgan fingerprint density at radius 1 is 1.31 bits per heavy atom. The third-order valence-electron chi connectivity index (χ3n) is 6.42. The highest BCUT2D eigenvalue weighted by Gasteiger charge is 2.37. The number of allylic oxidation sites excluding steroid dienone is 1. The highest BCUT2D eigenvalue weighted by atomic mass is 19.4. The number of aromatic nitrogens is 2. The van der Waals surface area contributed by atoms with Gasteiger partial charge < -0.3 is 36.1 Å². The second kappa shape index (κ2) is 11.7. The van der Waals surface area contributed by atoms with Crippen molar-refractivity contribution in [3.8, 4) is 5.75 Å². The number of anilines is 1. The van der Waals surface area contributed by atoms with Crippen LogP contribution in [0.1, 0.15) is 46.5 Å². The molecule has 1 aliphatic carbocycles. The van der Waals surface area contributed by atoms with E-state index in [4.69, 9.17) is 15.6 Å². The summed E-state index contributed by atoms with van der Waals surface area (Å²) in [5.41, 5.74) is 9.16. The average molecular weight is 513 g/mol. The van der Waals surface area contributed by atoms with Crippen molar-refractivity contribution in [1.29, 1.82) is 0 Å². The standard InChI is InChI=1S/C25H39F3N6O2/c1-5-31-16(2)12-24(3,29)33-20-10-19(11-21-23(20)32-15-34(21)4)36-18-8-6-17(7-9-18)13-30-14-22(35)25(26,27)28/h10-12,15,17-18,22,30-31,33,35H,5-9,13-14,29H2,1-4H3. The number of ether oxygens (including phenoxy) is 1. The summed E-state index contributed by atoms with van der Waals surface area (Å²) in [5.74, 6) is 0.971. The van der Waals surface area contributed by atoms with E-state index < -0.39 is 24.5 Å². The lowest BCUT2D eigenvalue weighted by atomic mass is 9.87. The van der Waals surface area contributed by atoms with E-state index in [0.29, 0.717) is 12.3 Å². The molecule has 1 saturated carbocycles. The van der Waals surface area contributed by atoms with E-state index in [9.17, 15) is 13.2 Å². The number of alkyl halides is 3. The van der Waals surface area contributed by atoms with Gasteiger partial charge in [0.15, 0.2) is 6.10 Å². The first-order chi connectivity index (χ1) is 16.9. The molecule has 1 heterocycles. The summed E-state index contributed by atoms with van der Waals surface area (Å²) in [7, 11) is 1.92. The van der Waals surface area contributed by atoms with Gasteiger partial charge in [-0.3, -0.25) is 0 Å². The summed E-state index contributed by atoms with van der Waals surface area (Å²) in [5, 5.41) is 18.5. The van der Waals surface area contributed by atoms with E-state index in [0.717, 1.165) is 54.6 Å². The van der Waals surface area contributed by atoms with E-state index in [-0.39, 0.29) is 12.0 Å². The van der Waals surface area contributed by atoms with Crippen molar-refractivity contribution in [1.82, 2.24) is 20.2 Å². The summed E-state index contributed by atoms with van der Waals surface area (Å²) in [6.45, 7) is 6.66. The lowest BCUT2D eigenvalue weighted by molar-refractivity contribution is -0.201. The zero-order chi connectivity index (χ0) is 26.5. The van der Waals surface area contributed by atoms with Crippen LogP contribution in [0.15, 0.2) is 30.2 Å². The first kappa shape index (κ1) is 28.1. The number of benzene rings is 1. The van der Waals surface area contributed by atoms with Crippen LogP contribution in [0.3, 0.4) is 0 Å². The van der Waals surface area contributed by atoms with Crippen molar-refractivity contribution in [2.24, 2.45) is 18.7 Å². The summed E-state index contributed by atoms with van der Waals surface area (Å²) in [6, 6.07) is 3.89. The molecule has 11 heteroatoms. The maximum atomic E-state index is 12.5. The van der Waals surface area contributed by atoms with Crippen molar-refractivity contribution in [3.05, 3.63) is 30.2 Å². The molecule has 0 bridgehead atoms. The summed E-state index contributed by atoms with van der Waals surface area (Å²) < 4.78 is 45.6. The minimum Gasteiger partial charge on any atom is -0.490 e. The minimum atomic E-state index is -4.59. The van der Waals surface area contributed by atoms with Gasteiger partial charge in [0.1, 0.15) is 16.9 Å². The molecule has 1 fully saturated rings. The molecule has 8 nitrogen and oxygen atoms in total. The summed E-state index contributed by atoms with van der Waals surface area (Å²) >= 11 is 0. The van der Waals surface area contributed by atoms with Gasteiger partial charge in [0.25, 0.3) is 0 Å². The van der Waals surface area contributed by atoms with Crippen LogP contribution in [0.25, 0.3) is 11.0 Å². The molecule has 36 heavy (non-hydrogen) atoms. The monoisotopic (exact) mass is 512 g/mol. The molecule has 0 radical (unpaired) electrons. The number of halogens is 3. The molecule has 202 valence electrons. The Bertz CT molecular complexity index is 1030. The number of aliphatic hydroxyl groups excluding tert-OH is 1. The number of imidazole rings is 1. The molecule has 3 rings (SSSR count). The van der Waals surface area contributed by atoms with Gasteiger partial charge in [-0.15, -0.1) is 0 Å². The van der Waals surface area contributed by atoms with Gasteiger partial charge >= 0.3 is 6.18 Å². The third kappa shape index (κ3) is 7.75. The Balaban J connectivity index is 1.63. The van der Waals surface area contributed by atoms with Crippen LogP contribution in [0.5, 0.6) is 5.75 Å². The van der Waals surface area contributed by atoms with Gasteiger partial charge in [0, 0.05) is 38.0 Å². The number of nitrogens with two attached hydrogens (primary N) is 1. The highest BCUT2D eigenvalue weighted by molar-refractivity contribution is 5.90. The van der Waals surface area contributed by atoms with Gasteiger partial charge in [0.05, 0.1) is 23.6 Å². The van der Waals surface area contributed by atoms with Crippen molar-refractivity contribution < 1.29 is 23.0 Å². The van der Waals surface area contributed by atoms with Gasteiger partial charge in [-0.05, 0) is 65.0 Å². The molecule has 1 aromatic carbocycles. The molecular formula is C25H39F3N6O2. The van der Waals surface area contributed by atoms with E-state index >= 15 is 0 Å². The largest absolute Gasteiger partial charge is 0.490 e. The molecule has 0 aliphatic heterocycles. The van der Waals surface area contributed by atoms with Crippen molar-refractivity contribution in [3.63, 3.8) is 0 Å². The Morgan fingerprint density at radius 3 is 2.64 bits per heavy atom. The fourth-order valence-corrected chi connectivity index (χ4v) is 4.66. The van der Waals surface area contributed by atoms with Crippen LogP contribution in [-0.4, -0.2) is 58.3 Å². The molecule has 2 atom stereocenters. The Morgan fingerprint density at radius 2 is 2.00 bits per heavy atom. The van der Waals surface area contributed by atoms with Crippen molar-refractivity contribution in [2.75, 3.05) is 25.0 Å². The fourth-order valence-electron chi connectivity index (χ4n) is 4.66. The van der Waals surface area contributed by atoms with Crippen LogP contribution < -0.4 is 26.4 Å². The van der Waals surface area contributed by atoms with E-state index in [1.165, 1.54) is 0 Å². The number of fused-ring (bicyclic) bond motifs is 1. The Kier molecular flexibility index (Phi) is 9.13. The first-order valence-corrected chi connectivity index (χ1v) is 12.5. The van der Waals surface area contributed by atoms with E-state index in [2.05, 4.69) is 20.9 Å². The maximum Gasteiger partial charge on any atom is 0.415 e. The average Bonchev–Trinajstić information content (AvgIpc) is 3.14. The van der Waals surface area contributed by atoms with Gasteiger partial charge in [0.2, 0.25) is 0 Å². The number of nitrogens with zero attached hydrogens (tertiary/aromatic N) is 2. The van der Waals surface area contributed by atoms with Crippen molar-refractivity contribution in [2.45, 2.75) is 70.5 Å². The second-order valence-electron chi connectivity index (χ2n) is 9.94. The number of aryl methyl sites for hydroxylation is 1. The van der Waals surface area contributed by atoms with Crippen molar-refractivity contribution >= 4 is 16.7 Å². The second-order valence-corrected chi connectivity index (χ2v) is 9.94. The SMILES string of the molecule is CCNC(C)=CC(C)(N)Nc1cc(OC2CCC(CNCC(O)C(F)(F)F)CC2)cc2c1ncn2C. The maximum absolute atomic E-state index is 12.5. The number of hydrogen-bond donors (Lipinski definition) is 5. The van der Waals surface area contributed by atoms with Crippen LogP contribution in [0.2, 0.25) is 0 Å². The van der Waals surface area contributed by atoms with Gasteiger partial charge in [-0.1, -0.05) is 0 Å². The number of rotatable bonds is 11. The van der Waals surface area contributed by atoms with Gasteiger partial charge in [-0.2, -0.15) is 13.2 Å². The minimum absolute atomic E-state index is 0.0145. The van der Waals surface area contributed by atoms with Gasteiger partial charge in [-0.25, -0.2) is 4.98 Å². The lowest BCUT2D eigenvalue weighted by Gasteiger charge is -2.30. The third-order valence-corrected chi connectivity index (χ3v) is 6.42. The molecule has 1 aliphatic rings. The number of hydrogen-bond acceptors (Lipinski definition) is 7. The zero-order valence-corrected chi connectivity index (χ0v) is 21.5. The smallest absolute Gasteiger partial charge is 0.415 e. The Hall–Kier alpha value is -2.50. The van der Waals surface area contributed by atoms with E-state index in [1.807, 2.05) is 50.6 Å². The van der Waals surface area contributed by atoms with E-state index in [1.54, 1.807) is 6.33 Å². The molecule has 6 N–H and O–H groups in total. The number of nitrogens with one attached hydrogen (secondary N) is 3. The van der Waals surface area contributed by atoms with Crippen LogP contribution in [0.4, 0.5) is 18.9 Å². The molecule has 1 aromatic heterocycles. The zero-order valence-electron chi connectivity index (χ0n) is 21.5. The quantitative estimate of drug-likeness (QED) is 0.293. The number of aliphatic hydroxyl groups is 1. The topological polar surface area (TPSA) is 109 Å². The molecular weight excluding hydrogens is 473 g/mol. The normalized spacial score (nSPS) is 21.8. The molecule has 0 spiro atoms. The first-order valence-electron chi connectivity index (χ1n) is 12.5. The fraction of sp³-hybridized carbons (Fsp3) is 0.640. The predicted molar refractivity (Wildman–Crippen MR) is 136 cm³/mol. The summed E-state index contributed by atoms with van der Waals surface area (Å²) in [4.78, 5) is 4.53. The van der Waals surface area contributed by atoms with Crippen LogP contribution in [-0.2, 0) is 7.05 Å². The van der Waals surface area contributed by atoms with Crippen LogP contribution >= 0.6 is 0 Å². The lowest BCUT2D eigenvalue weighted by Crippen LogP contribution is -2.43. The predicted octanol–water partition coefficient (Wildman–Crippen LogP) is 3.62. The Labute approximate surface area is 210 Å². The summed E-state index contributed by atoms with van der Waals surface area (Å²) in [6.07, 6.45) is 0.0643. The molecule has 0 amide bonds. The molecule has 0 saturated heterocycles.